The number of alkyl halides is 3. The summed E-state index contributed by atoms with van der Waals surface area (Å²) in [7, 11) is 0. The van der Waals surface area contributed by atoms with Crippen molar-refractivity contribution in [1.29, 1.82) is 0 Å². The van der Waals surface area contributed by atoms with Crippen molar-refractivity contribution in [2.45, 2.75) is 25.6 Å². The predicted molar refractivity (Wildman–Crippen MR) is 107 cm³/mol. The topological polar surface area (TPSA) is 83.5 Å². The van der Waals surface area contributed by atoms with Crippen LogP contribution in [0.3, 0.4) is 0 Å². The third kappa shape index (κ3) is 4.87. The lowest BCUT2D eigenvalue weighted by Gasteiger charge is -2.24. The van der Waals surface area contributed by atoms with Gasteiger partial charge in [-0.2, -0.15) is 13.2 Å². The number of nitrogens with zero attached hydrogens (tertiary/aromatic N) is 3. The minimum atomic E-state index is -4.53. The molecule has 3 aliphatic heterocycles. The van der Waals surface area contributed by atoms with E-state index in [1.807, 2.05) is 0 Å². The summed E-state index contributed by atoms with van der Waals surface area (Å²) in [5, 5.41) is 2.87. The first kappa shape index (κ1) is 22.1. The minimum Gasteiger partial charge on any atom is -0.431 e. The van der Waals surface area contributed by atoms with Crippen molar-refractivity contribution in [3.8, 4) is 0 Å². The number of aliphatic imine (C=N–C) groups is 1. The van der Waals surface area contributed by atoms with Crippen LogP contribution in [0, 0.1) is 5.92 Å². The van der Waals surface area contributed by atoms with Crippen LogP contribution in [0.5, 0.6) is 0 Å². The first-order valence-electron chi connectivity index (χ1n) is 10.4. The standard InChI is InChI=1S/C21H23F3N4O4/c22-21(23,24)16-4-2-1-3-15(16)12-27-7-8-28-17(13-32-20(28)26-19(27)30)18(29)25-11-14-5-9-31-10-6-14/h1-4,13-14H,5-12H2,(H,25,29). The zero-order valence-corrected chi connectivity index (χ0v) is 17.2. The van der Waals surface area contributed by atoms with Gasteiger partial charge in [0.25, 0.3) is 5.91 Å². The highest BCUT2D eigenvalue weighted by Gasteiger charge is 2.36. The quantitative estimate of drug-likeness (QED) is 0.743. The molecule has 3 heterocycles. The number of amidine groups is 1. The first-order valence-corrected chi connectivity index (χ1v) is 10.4. The zero-order chi connectivity index (χ0) is 22.7. The van der Waals surface area contributed by atoms with Crippen LogP contribution in [0.1, 0.15) is 24.0 Å². The van der Waals surface area contributed by atoms with Gasteiger partial charge in [-0.25, -0.2) is 4.79 Å². The molecule has 0 aromatic heterocycles. The van der Waals surface area contributed by atoms with Gasteiger partial charge in [0.15, 0.2) is 0 Å². The highest BCUT2D eigenvalue weighted by Crippen LogP contribution is 2.32. The zero-order valence-electron chi connectivity index (χ0n) is 17.2. The Morgan fingerprint density at radius 3 is 2.69 bits per heavy atom. The summed E-state index contributed by atoms with van der Waals surface area (Å²) in [6, 6.07) is 4.32. The third-order valence-electron chi connectivity index (χ3n) is 5.66. The van der Waals surface area contributed by atoms with Crippen molar-refractivity contribution in [3.63, 3.8) is 0 Å². The SMILES string of the molecule is O=C(NCC1CCOCC1)C1=COC2=NC(=O)N(Cc3ccccc3C(F)(F)F)CCN12. The summed E-state index contributed by atoms with van der Waals surface area (Å²) in [4.78, 5) is 31.7. The molecule has 0 unspecified atom stereocenters. The number of halogens is 3. The maximum atomic E-state index is 13.3. The molecule has 1 N–H and O–H groups in total. The molecule has 172 valence electrons. The average Bonchev–Trinajstić information content (AvgIpc) is 3.10. The third-order valence-corrected chi connectivity index (χ3v) is 5.66. The Labute approximate surface area is 182 Å². The van der Waals surface area contributed by atoms with Crippen LogP contribution < -0.4 is 5.32 Å². The van der Waals surface area contributed by atoms with Gasteiger partial charge in [-0.3, -0.25) is 9.69 Å². The Balaban J connectivity index is 1.41. The Bertz CT molecular complexity index is 941. The summed E-state index contributed by atoms with van der Waals surface area (Å²) in [5.74, 6) is -0.0244. The van der Waals surface area contributed by atoms with Crippen molar-refractivity contribution in [3.05, 3.63) is 47.4 Å². The monoisotopic (exact) mass is 452 g/mol. The Hall–Kier alpha value is -3.08. The largest absolute Gasteiger partial charge is 0.431 e. The van der Waals surface area contributed by atoms with Gasteiger partial charge in [0, 0.05) is 39.4 Å². The number of hydrogen-bond acceptors (Lipinski definition) is 5. The number of hydrogen-bond donors (Lipinski definition) is 1. The molecule has 0 atom stereocenters. The summed E-state index contributed by atoms with van der Waals surface area (Å²) in [6.45, 7) is 1.82. The van der Waals surface area contributed by atoms with Crippen LogP contribution in [0.4, 0.5) is 18.0 Å². The summed E-state index contributed by atoms with van der Waals surface area (Å²) >= 11 is 0. The lowest BCUT2D eigenvalue weighted by molar-refractivity contribution is -0.138. The number of urea groups is 1. The van der Waals surface area contributed by atoms with Crippen LogP contribution in [-0.2, 0) is 27.0 Å². The van der Waals surface area contributed by atoms with Gasteiger partial charge in [0.1, 0.15) is 12.0 Å². The van der Waals surface area contributed by atoms with E-state index in [-0.39, 0.29) is 42.8 Å². The molecular weight excluding hydrogens is 429 g/mol. The number of ether oxygens (including phenoxy) is 2. The van der Waals surface area contributed by atoms with Crippen LogP contribution in [0.25, 0.3) is 0 Å². The van der Waals surface area contributed by atoms with Gasteiger partial charge < -0.3 is 19.7 Å². The van der Waals surface area contributed by atoms with Gasteiger partial charge in [-0.1, -0.05) is 18.2 Å². The fourth-order valence-electron chi connectivity index (χ4n) is 3.85. The molecule has 8 nitrogen and oxygen atoms in total. The van der Waals surface area contributed by atoms with Crippen molar-refractivity contribution in [1.82, 2.24) is 15.1 Å². The molecule has 3 aliphatic rings. The van der Waals surface area contributed by atoms with E-state index in [2.05, 4.69) is 10.3 Å². The number of carbonyl (C=O) groups is 2. The molecular formula is C21H23F3N4O4. The number of amides is 3. The number of fused-ring (bicyclic) bond motifs is 1. The van der Waals surface area contributed by atoms with Gasteiger partial charge in [0.05, 0.1) is 5.56 Å². The molecule has 0 bridgehead atoms. The molecule has 32 heavy (non-hydrogen) atoms. The molecule has 0 aliphatic carbocycles. The van der Waals surface area contributed by atoms with E-state index >= 15 is 0 Å². The molecule has 0 spiro atoms. The van der Waals surface area contributed by atoms with Crippen molar-refractivity contribution < 1.29 is 32.2 Å². The summed E-state index contributed by atoms with van der Waals surface area (Å²) in [6.07, 6.45) is -1.55. The summed E-state index contributed by atoms with van der Waals surface area (Å²) in [5.41, 5.74) is -0.614. The molecule has 3 amide bonds. The van der Waals surface area contributed by atoms with Crippen LogP contribution in [-0.4, -0.2) is 60.6 Å². The van der Waals surface area contributed by atoms with E-state index in [0.717, 1.165) is 18.9 Å². The normalized spacial score (nSPS) is 19.7. The molecule has 0 radical (unpaired) electrons. The second kappa shape index (κ2) is 9.19. The second-order valence-corrected chi connectivity index (χ2v) is 7.79. The molecule has 1 aromatic carbocycles. The van der Waals surface area contributed by atoms with E-state index in [0.29, 0.717) is 25.7 Å². The number of benzene rings is 1. The van der Waals surface area contributed by atoms with Crippen LogP contribution in [0.2, 0.25) is 0 Å². The highest BCUT2D eigenvalue weighted by atomic mass is 19.4. The van der Waals surface area contributed by atoms with Gasteiger partial charge >= 0.3 is 18.2 Å². The van der Waals surface area contributed by atoms with Gasteiger partial charge in [-0.05, 0) is 30.4 Å². The fraction of sp³-hybridized carbons (Fsp3) is 0.476. The highest BCUT2D eigenvalue weighted by molar-refractivity contribution is 6.01. The second-order valence-electron chi connectivity index (χ2n) is 7.79. The first-order chi connectivity index (χ1) is 15.3. The van der Waals surface area contributed by atoms with E-state index in [9.17, 15) is 22.8 Å². The minimum absolute atomic E-state index is 0.0264. The Kier molecular flexibility index (Phi) is 6.35. The number of nitrogens with one attached hydrogen (secondary N) is 1. The molecule has 1 fully saturated rings. The molecule has 11 heteroatoms. The lowest BCUT2D eigenvalue weighted by Crippen LogP contribution is -2.40. The average molecular weight is 452 g/mol. The molecule has 1 saturated heterocycles. The maximum absolute atomic E-state index is 13.3. The van der Waals surface area contributed by atoms with Crippen LogP contribution in [0.15, 0.2) is 41.2 Å². The van der Waals surface area contributed by atoms with Gasteiger partial charge in [0.2, 0.25) is 0 Å². The van der Waals surface area contributed by atoms with E-state index < -0.39 is 17.8 Å². The maximum Gasteiger partial charge on any atom is 0.416 e. The Morgan fingerprint density at radius 1 is 1.19 bits per heavy atom. The van der Waals surface area contributed by atoms with Crippen molar-refractivity contribution in [2.24, 2.45) is 10.9 Å². The van der Waals surface area contributed by atoms with Crippen molar-refractivity contribution in [2.75, 3.05) is 32.8 Å². The summed E-state index contributed by atoms with van der Waals surface area (Å²) < 4.78 is 50.5. The van der Waals surface area contributed by atoms with Crippen molar-refractivity contribution >= 4 is 18.0 Å². The van der Waals surface area contributed by atoms with Crippen LogP contribution >= 0.6 is 0 Å². The van der Waals surface area contributed by atoms with Gasteiger partial charge in [-0.15, -0.1) is 4.99 Å². The molecule has 1 aromatic rings. The number of rotatable bonds is 5. The molecule has 0 saturated carbocycles. The predicted octanol–water partition coefficient (Wildman–Crippen LogP) is 2.71. The number of carbonyl (C=O) groups excluding carboxylic acids is 2. The fourth-order valence-corrected chi connectivity index (χ4v) is 3.85. The van der Waals surface area contributed by atoms with E-state index in [4.69, 9.17) is 9.47 Å². The lowest BCUT2D eigenvalue weighted by atomic mass is 10.0. The molecule has 4 rings (SSSR count). The van der Waals surface area contributed by atoms with E-state index in [1.54, 1.807) is 0 Å². The Morgan fingerprint density at radius 2 is 1.94 bits per heavy atom. The van der Waals surface area contributed by atoms with E-state index in [1.165, 1.54) is 34.3 Å². The smallest absolute Gasteiger partial charge is 0.416 e.